The lowest BCUT2D eigenvalue weighted by Gasteiger charge is -2.23. The second-order valence-corrected chi connectivity index (χ2v) is 7.45. The Kier molecular flexibility index (Phi) is 5.85. The molecular weight excluding hydrogens is 388 g/mol. The third-order valence-corrected chi connectivity index (χ3v) is 5.51. The number of cyclic esters (lactones) is 1. The van der Waals surface area contributed by atoms with Crippen LogP contribution in [0.2, 0.25) is 0 Å². The fourth-order valence-electron chi connectivity index (χ4n) is 3.93. The lowest BCUT2D eigenvalue weighted by atomic mass is 10.0. The number of carbonyl (C=O) groups is 3. The molecule has 0 spiro atoms. The highest BCUT2D eigenvalue weighted by atomic mass is 16.5. The van der Waals surface area contributed by atoms with Gasteiger partial charge in [-0.05, 0) is 24.6 Å². The number of methoxy groups -OCH3 is 1. The zero-order chi connectivity index (χ0) is 21.1. The molecule has 1 saturated heterocycles. The number of benzene rings is 1. The van der Waals surface area contributed by atoms with Crippen LogP contribution in [0.3, 0.4) is 0 Å². The standard InChI is InChI=1S/C22H24N2O6/c1-28-22(27)18-8-7-15(29-18)14-23-9-4-10-24(12-11-23)20(25)13-19-16-5-2-3-6-17(16)21(26)30-19/h2-3,5-8,19H,4,9-14H2,1H3. The van der Waals surface area contributed by atoms with E-state index in [-0.39, 0.29) is 24.1 Å². The molecule has 8 nitrogen and oxygen atoms in total. The lowest BCUT2D eigenvalue weighted by molar-refractivity contribution is -0.133. The molecule has 1 fully saturated rings. The van der Waals surface area contributed by atoms with Crippen LogP contribution in [0.15, 0.2) is 40.8 Å². The van der Waals surface area contributed by atoms with E-state index in [1.807, 2.05) is 17.0 Å². The molecule has 1 atom stereocenters. The van der Waals surface area contributed by atoms with Crippen LogP contribution in [0.25, 0.3) is 0 Å². The first-order valence-electron chi connectivity index (χ1n) is 10.0. The number of carbonyl (C=O) groups excluding carboxylic acids is 3. The third-order valence-electron chi connectivity index (χ3n) is 5.51. The summed E-state index contributed by atoms with van der Waals surface area (Å²) >= 11 is 0. The normalized spacial score (nSPS) is 19.2. The molecule has 1 amide bonds. The smallest absolute Gasteiger partial charge is 0.373 e. The van der Waals surface area contributed by atoms with Crippen molar-refractivity contribution in [3.63, 3.8) is 0 Å². The van der Waals surface area contributed by atoms with E-state index in [1.54, 1.807) is 24.3 Å². The summed E-state index contributed by atoms with van der Waals surface area (Å²) in [5.41, 5.74) is 1.33. The average molecular weight is 412 g/mol. The summed E-state index contributed by atoms with van der Waals surface area (Å²) < 4.78 is 15.6. The molecule has 1 unspecified atom stereocenters. The third kappa shape index (κ3) is 4.23. The van der Waals surface area contributed by atoms with E-state index in [0.717, 1.165) is 18.5 Å². The average Bonchev–Trinajstić information content (AvgIpc) is 3.25. The van der Waals surface area contributed by atoms with Gasteiger partial charge in [-0.2, -0.15) is 0 Å². The summed E-state index contributed by atoms with van der Waals surface area (Å²) in [6, 6.07) is 10.6. The van der Waals surface area contributed by atoms with Gasteiger partial charge in [0.2, 0.25) is 11.7 Å². The molecule has 0 N–H and O–H groups in total. The van der Waals surface area contributed by atoms with Gasteiger partial charge in [-0.15, -0.1) is 0 Å². The van der Waals surface area contributed by atoms with Crippen molar-refractivity contribution in [3.8, 4) is 0 Å². The Morgan fingerprint density at radius 3 is 2.77 bits per heavy atom. The molecular formula is C22H24N2O6. The second kappa shape index (κ2) is 8.71. The maximum absolute atomic E-state index is 12.8. The summed E-state index contributed by atoms with van der Waals surface area (Å²) in [4.78, 5) is 40.4. The van der Waals surface area contributed by atoms with Crippen molar-refractivity contribution < 1.29 is 28.3 Å². The lowest BCUT2D eigenvalue weighted by Crippen LogP contribution is -2.35. The van der Waals surface area contributed by atoms with E-state index in [2.05, 4.69) is 9.64 Å². The predicted octanol–water partition coefficient (Wildman–Crippen LogP) is 2.40. The van der Waals surface area contributed by atoms with Crippen LogP contribution in [-0.2, 0) is 20.8 Å². The summed E-state index contributed by atoms with van der Waals surface area (Å²) in [6.07, 6.45) is 0.473. The van der Waals surface area contributed by atoms with Crippen LogP contribution in [0.5, 0.6) is 0 Å². The molecule has 1 aromatic carbocycles. The van der Waals surface area contributed by atoms with Gasteiger partial charge in [0.05, 0.1) is 25.6 Å². The van der Waals surface area contributed by atoms with Gasteiger partial charge >= 0.3 is 11.9 Å². The summed E-state index contributed by atoms with van der Waals surface area (Å²) in [5, 5.41) is 0. The van der Waals surface area contributed by atoms with Crippen molar-refractivity contribution >= 4 is 17.8 Å². The molecule has 1 aromatic heterocycles. The number of amides is 1. The number of nitrogens with zero attached hydrogens (tertiary/aromatic N) is 2. The fraction of sp³-hybridized carbons (Fsp3) is 0.409. The monoisotopic (exact) mass is 412 g/mol. The van der Waals surface area contributed by atoms with E-state index in [4.69, 9.17) is 9.15 Å². The van der Waals surface area contributed by atoms with Crippen LogP contribution < -0.4 is 0 Å². The first kappa shape index (κ1) is 20.2. The number of rotatable bonds is 5. The van der Waals surface area contributed by atoms with Gasteiger partial charge in [0, 0.05) is 31.7 Å². The van der Waals surface area contributed by atoms with Crippen LogP contribution in [-0.4, -0.2) is 60.9 Å². The summed E-state index contributed by atoms with van der Waals surface area (Å²) in [7, 11) is 1.32. The maximum atomic E-state index is 12.8. The Morgan fingerprint density at radius 1 is 1.10 bits per heavy atom. The molecule has 158 valence electrons. The SMILES string of the molecule is COC(=O)c1ccc(CN2CCCN(C(=O)CC3OC(=O)c4ccccc43)CC2)o1. The maximum Gasteiger partial charge on any atom is 0.373 e. The second-order valence-electron chi connectivity index (χ2n) is 7.45. The van der Waals surface area contributed by atoms with Crippen molar-refractivity contribution in [3.05, 3.63) is 59.0 Å². The highest BCUT2D eigenvalue weighted by Gasteiger charge is 2.33. The molecule has 0 saturated carbocycles. The Hall–Kier alpha value is -3.13. The number of ether oxygens (including phenoxy) is 2. The van der Waals surface area contributed by atoms with E-state index >= 15 is 0 Å². The van der Waals surface area contributed by atoms with E-state index in [1.165, 1.54) is 7.11 Å². The molecule has 8 heteroatoms. The van der Waals surface area contributed by atoms with Crippen LogP contribution in [0.4, 0.5) is 0 Å². The van der Waals surface area contributed by atoms with Gasteiger partial charge < -0.3 is 18.8 Å². The van der Waals surface area contributed by atoms with Gasteiger partial charge in [-0.3, -0.25) is 9.69 Å². The van der Waals surface area contributed by atoms with Gasteiger partial charge in [-0.1, -0.05) is 18.2 Å². The van der Waals surface area contributed by atoms with Crippen molar-refractivity contribution in [2.75, 3.05) is 33.3 Å². The zero-order valence-corrected chi connectivity index (χ0v) is 16.8. The van der Waals surface area contributed by atoms with E-state index in [9.17, 15) is 14.4 Å². The fourth-order valence-corrected chi connectivity index (χ4v) is 3.93. The number of hydrogen-bond donors (Lipinski definition) is 0. The quantitative estimate of drug-likeness (QED) is 0.697. The number of hydrogen-bond acceptors (Lipinski definition) is 7. The van der Waals surface area contributed by atoms with Crippen LogP contribution in [0, 0.1) is 0 Å². The molecule has 0 aliphatic carbocycles. The topological polar surface area (TPSA) is 89.3 Å². The molecule has 0 bridgehead atoms. The van der Waals surface area contributed by atoms with Gasteiger partial charge in [0.1, 0.15) is 11.9 Å². The Balaban J connectivity index is 1.32. The minimum absolute atomic E-state index is 0.0164. The minimum Gasteiger partial charge on any atom is -0.463 e. The highest BCUT2D eigenvalue weighted by molar-refractivity contribution is 5.94. The largest absolute Gasteiger partial charge is 0.463 e. The summed E-state index contributed by atoms with van der Waals surface area (Å²) in [5.74, 6) is -0.00853. The van der Waals surface area contributed by atoms with Crippen molar-refractivity contribution in [1.82, 2.24) is 9.80 Å². The van der Waals surface area contributed by atoms with Crippen molar-refractivity contribution in [1.29, 1.82) is 0 Å². The Morgan fingerprint density at radius 2 is 1.93 bits per heavy atom. The first-order valence-corrected chi connectivity index (χ1v) is 10.0. The highest BCUT2D eigenvalue weighted by Crippen LogP contribution is 2.33. The van der Waals surface area contributed by atoms with Crippen LogP contribution in [0.1, 0.15) is 51.2 Å². The molecule has 4 rings (SSSR count). The number of fused-ring (bicyclic) bond motifs is 1. The molecule has 2 aromatic rings. The molecule has 3 heterocycles. The van der Waals surface area contributed by atoms with Crippen molar-refractivity contribution in [2.24, 2.45) is 0 Å². The van der Waals surface area contributed by atoms with Crippen LogP contribution >= 0.6 is 0 Å². The summed E-state index contributed by atoms with van der Waals surface area (Å²) in [6.45, 7) is 3.32. The minimum atomic E-state index is -0.514. The van der Waals surface area contributed by atoms with E-state index in [0.29, 0.717) is 37.5 Å². The number of furan rings is 1. The first-order chi connectivity index (χ1) is 14.5. The molecule has 0 radical (unpaired) electrons. The van der Waals surface area contributed by atoms with Gasteiger partial charge in [-0.25, -0.2) is 9.59 Å². The molecule has 2 aliphatic rings. The predicted molar refractivity (Wildman–Crippen MR) is 106 cm³/mol. The molecule has 2 aliphatic heterocycles. The van der Waals surface area contributed by atoms with Crippen molar-refractivity contribution in [2.45, 2.75) is 25.5 Å². The van der Waals surface area contributed by atoms with Gasteiger partial charge in [0.15, 0.2) is 0 Å². The molecule has 30 heavy (non-hydrogen) atoms. The zero-order valence-electron chi connectivity index (χ0n) is 16.8. The van der Waals surface area contributed by atoms with Gasteiger partial charge in [0.25, 0.3) is 0 Å². The Bertz CT molecular complexity index is 953. The number of esters is 2. The Labute approximate surface area is 174 Å². The van der Waals surface area contributed by atoms with E-state index < -0.39 is 12.1 Å².